The highest BCUT2D eigenvalue weighted by atomic mass is 79.9. The molecule has 0 aliphatic carbocycles. The van der Waals surface area contributed by atoms with E-state index in [4.69, 9.17) is 4.74 Å². The van der Waals surface area contributed by atoms with Gasteiger partial charge in [0.1, 0.15) is 5.75 Å². The Labute approximate surface area is 172 Å². The molecule has 5 heteroatoms. The van der Waals surface area contributed by atoms with E-state index in [2.05, 4.69) is 21.2 Å². The van der Waals surface area contributed by atoms with Crippen molar-refractivity contribution in [3.05, 3.63) is 94.5 Å². The molecule has 3 aromatic rings. The van der Waals surface area contributed by atoms with E-state index in [0.29, 0.717) is 29.0 Å². The minimum absolute atomic E-state index is 0.0456. The van der Waals surface area contributed by atoms with E-state index in [1.807, 2.05) is 37.3 Å². The van der Waals surface area contributed by atoms with E-state index < -0.39 is 6.10 Å². The number of hydrogen-bond donors (Lipinski definition) is 1. The molecule has 0 saturated heterocycles. The second-order valence-electron chi connectivity index (χ2n) is 6.23. The maximum absolute atomic E-state index is 12.6. The van der Waals surface area contributed by atoms with Gasteiger partial charge in [0.05, 0.1) is 0 Å². The zero-order chi connectivity index (χ0) is 19.9. The van der Waals surface area contributed by atoms with Crippen LogP contribution in [0.5, 0.6) is 5.75 Å². The summed E-state index contributed by atoms with van der Waals surface area (Å²) in [6.07, 6.45) is 0.0149. The zero-order valence-electron chi connectivity index (χ0n) is 15.4. The first-order chi connectivity index (χ1) is 13.6. The van der Waals surface area contributed by atoms with Crippen LogP contribution in [0.1, 0.15) is 34.1 Å². The summed E-state index contributed by atoms with van der Waals surface area (Å²) in [4.78, 5) is 24.9. The number of anilines is 1. The fraction of sp³-hybridized carbons (Fsp3) is 0.130. The van der Waals surface area contributed by atoms with Crippen molar-refractivity contribution in [1.82, 2.24) is 0 Å². The van der Waals surface area contributed by atoms with Crippen molar-refractivity contribution in [3.63, 3.8) is 0 Å². The van der Waals surface area contributed by atoms with Crippen LogP contribution in [0.15, 0.2) is 83.3 Å². The van der Waals surface area contributed by atoms with Crippen molar-refractivity contribution in [2.45, 2.75) is 19.4 Å². The second-order valence-corrected chi connectivity index (χ2v) is 7.15. The van der Waals surface area contributed by atoms with Gasteiger partial charge in [0, 0.05) is 21.3 Å². The van der Waals surface area contributed by atoms with Gasteiger partial charge in [0.2, 0.25) is 5.78 Å². The van der Waals surface area contributed by atoms with Crippen molar-refractivity contribution >= 4 is 33.3 Å². The van der Waals surface area contributed by atoms with Crippen LogP contribution in [0.2, 0.25) is 0 Å². The molecule has 1 unspecified atom stereocenters. The van der Waals surface area contributed by atoms with Gasteiger partial charge in [-0.05, 0) is 55.0 Å². The van der Waals surface area contributed by atoms with Crippen LogP contribution in [-0.4, -0.2) is 17.8 Å². The average molecular weight is 438 g/mol. The Balaban J connectivity index is 1.64. The quantitative estimate of drug-likeness (QED) is 0.479. The number of ether oxygens (including phenoxy) is 1. The second kappa shape index (κ2) is 9.33. The zero-order valence-corrected chi connectivity index (χ0v) is 17.0. The van der Waals surface area contributed by atoms with Gasteiger partial charge in [-0.2, -0.15) is 0 Å². The fourth-order valence-electron chi connectivity index (χ4n) is 2.70. The molecule has 0 bridgehead atoms. The largest absolute Gasteiger partial charge is 0.482 e. The van der Waals surface area contributed by atoms with E-state index in [9.17, 15) is 9.59 Å². The smallest absolute Gasteiger partial charge is 0.255 e. The van der Waals surface area contributed by atoms with Crippen LogP contribution < -0.4 is 10.1 Å². The lowest BCUT2D eigenvalue weighted by Gasteiger charge is -2.17. The molecule has 1 N–H and O–H groups in total. The average Bonchev–Trinajstić information content (AvgIpc) is 2.73. The summed E-state index contributed by atoms with van der Waals surface area (Å²) in [5, 5.41) is 2.84. The highest BCUT2D eigenvalue weighted by molar-refractivity contribution is 9.10. The van der Waals surface area contributed by atoms with Crippen molar-refractivity contribution < 1.29 is 14.3 Å². The third kappa shape index (κ3) is 5.08. The topological polar surface area (TPSA) is 55.4 Å². The van der Waals surface area contributed by atoms with Crippen LogP contribution in [0.4, 0.5) is 5.69 Å². The Morgan fingerprint density at radius 3 is 2.14 bits per heavy atom. The Bertz CT molecular complexity index is 938. The Morgan fingerprint density at radius 1 is 0.893 bits per heavy atom. The number of nitrogens with one attached hydrogen (secondary N) is 1. The number of rotatable bonds is 7. The Morgan fingerprint density at radius 2 is 1.54 bits per heavy atom. The van der Waals surface area contributed by atoms with Gasteiger partial charge in [0.15, 0.2) is 6.10 Å². The third-order valence-electron chi connectivity index (χ3n) is 4.22. The van der Waals surface area contributed by atoms with E-state index in [1.54, 1.807) is 48.5 Å². The van der Waals surface area contributed by atoms with Crippen LogP contribution in [0, 0.1) is 0 Å². The standard InChI is InChI=1S/C23H20BrNO3/c1-2-21(22(26)16-6-4-3-5-7-16)28-20-14-12-19(13-15-20)25-23(27)17-8-10-18(24)11-9-17/h3-15,21H,2H2,1H3,(H,25,27). The summed E-state index contributed by atoms with van der Waals surface area (Å²) in [5.41, 5.74) is 1.86. The highest BCUT2D eigenvalue weighted by Gasteiger charge is 2.20. The number of Topliss-reactive ketones (excluding diaryl/α,β-unsaturated/α-hetero) is 1. The number of carbonyl (C=O) groups is 2. The van der Waals surface area contributed by atoms with E-state index in [1.165, 1.54) is 0 Å². The molecule has 0 aliphatic rings. The molecule has 3 aromatic carbocycles. The summed E-state index contributed by atoms with van der Waals surface area (Å²) in [5.74, 6) is 0.348. The molecule has 0 heterocycles. The van der Waals surface area contributed by atoms with Gasteiger partial charge in [-0.1, -0.05) is 53.2 Å². The number of carbonyl (C=O) groups excluding carboxylic acids is 2. The molecule has 28 heavy (non-hydrogen) atoms. The van der Waals surface area contributed by atoms with Crippen LogP contribution >= 0.6 is 15.9 Å². The third-order valence-corrected chi connectivity index (χ3v) is 4.75. The van der Waals surface area contributed by atoms with Gasteiger partial charge in [-0.25, -0.2) is 0 Å². The molecule has 0 fully saturated rings. The van der Waals surface area contributed by atoms with Gasteiger partial charge in [0.25, 0.3) is 5.91 Å². The number of ketones is 1. The minimum atomic E-state index is -0.550. The molecule has 0 saturated carbocycles. The predicted molar refractivity (Wildman–Crippen MR) is 114 cm³/mol. The molecule has 0 radical (unpaired) electrons. The van der Waals surface area contributed by atoms with Gasteiger partial charge in [-0.3, -0.25) is 9.59 Å². The molecule has 0 aromatic heterocycles. The normalized spacial score (nSPS) is 11.5. The van der Waals surface area contributed by atoms with Gasteiger partial charge < -0.3 is 10.1 Å². The summed E-state index contributed by atoms with van der Waals surface area (Å²) in [6, 6.07) is 23.3. The van der Waals surface area contributed by atoms with Crippen molar-refractivity contribution in [3.8, 4) is 5.75 Å². The monoisotopic (exact) mass is 437 g/mol. The Hall–Kier alpha value is -2.92. The lowest BCUT2D eigenvalue weighted by molar-refractivity contribution is 0.0786. The lowest BCUT2D eigenvalue weighted by Crippen LogP contribution is -2.26. The number of hydrogen-bond acceptors (Lipinski definition) is 3. The number of halogens is 1. The van der Waals surface area contributed by atoms with Crippen LogP contribution in [-0.2, 0) is 0 Å². The summed E-state index contributed by atoms with van der Waals surface area (Å²) in [7, 11) is 0. The number of amides is 1. The first kappa shape index (κ1) is 19.8. The maximum atomic E-state index is 12.6. The molecule has 1 amide bonds. The molecule has 3 rings (SSSR count). The van der Waals surface area contributed by atoms with Crippen molar-refractivity contribution in [2.75, 3.05) is 5.32 Å². The van der Waals surface area contributed by atoms with Crippen LogP contribution in [0.3, 0.4) is 0 Å². The van der Waals surface area contributed by atoms with Crippen molar-refractivity contribution in [1.29, 1.82) is 0 Å². The molecular weight excluding hydrogens is 418 g/mol. The van der Waals surface area contributed by atoms with Crippen LogP contribution in [0.25, 0.3) is 0 Å². The van der Waals surface area contributed by atoms with Gasteiger partial charge in [-0.15, -0.1) is 0 Å². The molecule has 4 nitrogen and oxygen atoms in total. The maximum Gasteiger partial charge on any atom is 0.255 e. The molecule has 0 aliphatic heterocycles. The molecule has 0 spiro atoms. The lowest BCUT2D eigenvalue weighted by atomic mass is 10.0. The molecular formula is C23H20BrNO3. The van der Waals surface area contributed by atoms with Crippen molar-refractivity contribution in [2.24, 2.45) is 0 Å². The molecule has 142 valence electrons. The minimum Gasteiger partial charge on any atom is -0.482 e. The number of benzene rings is 3. The predicted octanol–water partition coefficient (Wildman–Crippen LogP) is 5.74. The van der Waals surface area contributed by atoms with E-state index in [-0.39, 0.29) is 11.7 Å². The molecule has 1 atom stereocenters. The SMILES string of the molecule is CCC(Oc1ccc(NC(=O)c2ccc(Br)cc2)cc1)C(=O)c1ccccc1. The summed E-state index contributed by atoms with van der Waals surface area (Å²) in [6.45, 7) is 1.91. The van der Waals surface area contributed by atoms with Gasteiger partial charge >= 0.3 is 0 Å². The summed E-state index contributed by atoms with van der Waals surface area (Å²) >= 11 is 3.35. The Kier molecular flexibility index (Phi) is 6.61. The first-order valence-electron chi connectivity index (χ1n) is 8.99. The van der Waals surface area contributed by atoms with E-state index in [0.717, 1.165) is 4.47 Å². The fourth-order valence-corrected chi connectivity index (χ4v) is 2.96. The highest BCUT2D eigenvalue weighted by Crippen LogP contribution is 2.20. The summed E-state index contributed by atoms with van der Waals surface area (Å²) < 4.78 is 6.79. The van der Waals surface area contributed by atoms with E-state index >= 15 is 0 Å². The first-order valence-corrected chi connectivity index (χ1v) is 9.79.